The van der Waals surface area contributed by atoms with E-state index in [-0.39, 0.29) is 6.04 Å². The lowest BCUT2D eigenvalue weighted by Crippen LogP contribution is -2.13. The van der Waals surface area contributed by atoms with Crippen LogP contribution in [-0.2, 0) is 6.42 Å². The standard InChI is InChI=1S/C13H12Br2N2/c14-10-1-2-11(12(15)8-10)13(16)7-9-3-5-17-6-4-9/h1-6,8,13H,7,16H2. The maximum atomic E-state index is 6.21. The molecular formula is C13H12Br2N2. The maximum absolute atomic E-state index is 6.21. The van der Waals surface area contributed by atoms with Crippen LogP contribution in [0.3, 0.4) is 0 Å². The summed E-state index contributed by atoms with van der Waals surface area (Å²) in [5, 5.41) is 0. The summed E-state index contributed by atoms with van der Waals surface area (Å²) < 4.78 is 2.08. The highest BCUT2D eigenvalue weighted by molar-refractivity contribution is 9.11. The summed E-state index contributed by atoms with van der Waals surface area (Å²) in [6, 6.07) is 10.0. The highest BCUT2D eigenvalue weighted by atomic mass is 79.9. The van der Waals surface area contributed by atoms with Gasteiger partial charge in [-0.3, -0.25) is 4.98 Å². The molecule has 4 heteroatoms. The Morgan fingerprint density at radius 1 is 1.12 bits per heavy atom. The summed E-state index contributed by atoms with van der Waals surface area (Å²) in [5.74, 6) is 0. The molecule has 0 saturated carbocycles. The first kappa shape index (κ1) is 12.7. The normalized spacial score (nSPS) is 12.4. The summed E-state index contributed by atoms with van der Waals surface area (Å²) in [5.41, 5.74) is 8.52. The minimum atomic E-state index is -0.0140. The van der Waals surface area contributed by atoms with Gasteiger partial charge in [-0.15, -0.1) is 0 Å². The molecule has 0 saturated heterocycles. The van der Waals surface area contributed by atoms with Crippen LogP contribution in [0.25, 0.3) is 0 Å². The fourth-order valence-electron chi connectivity index (χ4n) is 1.68. The fourth-order valence-corrected chi connectivity index (χ4v) is 3.03. The summed E-state index contributed by atoms with van der Waals surface area (Å²) in [6.07, 6.45) is 4.39. The van der Waals surface area contributed by atoms with Gasteiger partial charge in [0.1, 0.15) is 0 Å². The Labute approximate surface area is 118 Å². The van der Waals surface area contributed by atoms with E-state index in [9.17, 15) is 0 Å². The van der Waals surface area contributed by atoms with Crippen LogP contribution in [-0.4, -0.2) is 4.98 Å². The average Bonchev–Trinajstić information content (AvgIpc) is 2.30. The molecule has 2 N–H and O–H groups in total. The Kier molecular flexibility index (Phi) is 4.31. The Morgan fingerprint density at radius 3 is 2.47 bits per heavy atom. The molecular weight excluding hydrogens is 344 g/mol. The van der Waals surface area contributed by atoms with Gasteiger partial charge in [-0.05, 0) is 41.8 Å². The number of hydrogen-bond donors (Lipinski definition) is 1. The zero-order valence-electron chi connectivity index (χ0n) is 9.11. The van der Waals surface area contributed by atoms with Crippen molar-refractivity contribution in [3.05, 3.63) is 62.8 Å². The van der Waals surface area contributed by atoms with Gasteiger partial charge in [-0.1, -0.05) is 37.9 Å². The second kappa shape index (κ2) is 5.76. The first-order valence-electron chi connectivity index (χ1n) is 5.26. The SMILES string of the molecule is NC(Cc1ccncc1)c1ccc(Br)cc1Br. The Bertz CT molecular complexity index is 500. The van der Waals surface area contributed by atoms with Crippen molar-refractivity contribution >= 4 is 31.9 Å². The molecule has 1 atom stereocenters. The van der Waals surface area contributed by atoms with Crippen LogP contribution in [0, 0.1) is 0 Å². The van der Waals surface area contributed by atoms with Crippen LogP contribution in [0.15, 0.2) is 51.7 Å². The van der Waals surface area contributed by atoms with Crippen LogP contribution in [0.4, 0.5) is 0 Å². The summed E-state index contributed by atoms with van der Waals surface area (Å²) in [4.78, 5) is 4.00. The lowest BCUT2D eigenvalue weighted by Gasteiger charge is -2.14. The van der Waals surface area contributed by atoms with Crippen LogP contribution in [0.5, 0.6) is 0 Å². The number of nitrogens with two attached hydrogens (primary N) is 1. The molecule has 1 aromatic carbocycles. The van der Waals surface area contributed by atoms with Crippen molar-refractivity contribution in [2.24, 2.45) is 5.73 Å². The van der Waals surface area contributed by atoms with Crippen molar-refractivity contribution in [3.8, 4) is 0 Å². The Hall–Kier alpha value is -0.710. The van der Waals surface area contributed by atoms with Crippen molar-refractivity contribution in [1.82, 2.24) is 4.98 Å². The number of aromatic nitrogens is 1. The van der Waals surface area contributed by atoms with E-state index in [4.69, 9.17) is 5.73 Å². The smallest absolute Gasteiger partial charge is 0.0347 e. The number of hydrogen-bond acceptors (Lipinski definition) is 2. The Morgan fingerprint density at radius 2 is 1.82 bits per heavy atom. The van der Waals surface area contributed by atoms with E-state index in [2.05, 4.69) is 36.8 Å². The molecule has 1 aromatic heterocycles. The first-order chi connectivity index (χ1) is 8.16. The molecule has 0 radical (unpaired) electrons. The topological polar surface area (TPSA) is 38.9 Å². The van der Waals surface area contributed by atoms with Gasteiger partial charge >= 0.3 is 0 Å². The lowest BCUT2D eigenvalue weighted by atomic mass is 10.0. The predicted molar refractivity (Wildman–Crippen MR) is 76.7 cm³/mol. The predicted octanol–water partition coefficient (Wildman–Crippen LogP) is 3.85. The average molecular weight is 356 g/mol. The summed E-state index contributed by atoms with van der Waals surface area (Å²) >= 11 is 6.97. The quantitative estimate of drug-likeness (QED) is 0.908. The maximum Gasteiger partial charge on any atom is 0.0347 e. The van der Waals surface area contributed by atoms with Crippen LogP contribution < -0.4 is 5.73 Å². The van der Waals surface area contributed by atoms with Gasteiger partial charge in [0.25, 0.3) is 0 Å². The number of benzene rings is 1. The van der Waals surface area contributed by atoms with Crippen molar-refractivity contribution in [3.63, 3.8) is 0 Å². The van der Waals surface area contributed by atoms with Gasteiger partial charge in [0.2, 0.25) is 0 Å². The zero-order valence-corrected chi connectivity index (χ0v) is 12.3. The lowest BCUT2D eigenvalue weighted by molar-refractivity contribution is 0.717. The molecule has 17 heavy (non-hydrogen) atoms. The van der Waals surface area contributed by atoms with E-state index in [1.165, 1.54) is 5.56 Å². The van der Waals surface area contributed by atoms with Gasteiger partial charge in [0.15, 0.2) is 0 Å². The molecule has 0 bridgehead atoms. The van der Waals surface area contributed by atoms with E-state index in [1.807, 2.05) is 30.3 Å². The van der Waals surface area contributed by atoms with Crippen molar-refractivity contribution in [1.29, 1.82) is 0 Å². The number of rotatable bonds is 3. The molecule has 0 fully saturated rings. The second-order valence-corrected chi connectivity index (χ2v) is 5.60. The minimum Gasteiger partial charge on any atom is -0.324 e. The number of pyridine rings is 1. The highest BCUT2D eigenvalue weighted by Crippen LogP contribution is 2.27. The number of halogens is 2. The molecule has 88 valence electrons. The van der Waals surface area contributed by atoms with E-state index in [0.717, 1.165) is 20.9 Å². The van der Waals surface area contributed by atoms with Gasteiger partial charge in [0, 0.05) is 27.4 Å². The summed E-state index contributed by atoms with van der Waals surface area (Å²) in [6.45, 7) is 0. The van der Waals surface area contributed by atoms with E-state index < -0.39 is 0 Å². The molecule has 0 aliphatic carbocycles. The molecule has 0 spiro atoms. The van der Waals surface area contributed by atoms with Crippen LogP contribution in [0.1, 0.15) is 17.2 Å². The Balaban J connectivity index is 2.17. The van der Waals surface area contributed by atoms with E-state index >= 15 is 0 Å². The fraction of sp³-hybridized carbons (Fsp3) is 0.154. The highest BCUT2D eigenvalue weighted by Gasteiger charge is 2.10. The molecule has 1 heterocycles. The zero-order chi connectivity index (χ0) is 12.3. The third kappa shape index (κ3) is 3.37. The van der Waals surface area contributed by atoms with Gasteiger partial charge in [0.05, 0.1) is 0 Å². The molecule has 0 aliphatic heterocycles. The van der Waals surface area contributed by atoms with Crippen molar-refractivity contribution in [2.45, 2.75) is 12.5 Å². The minimum absolute atomic E-state index is 0.0140. The largest absolute Gasteiger partial charge is 0.324 e. The molecule has 1 unspecified atom stereocenters. The van der Waals surface area contributed by atoms with Gasteiger partial charge in [-0.2, -0.15) is 0 Å². The third-order valence-electron chi connectivity index (χ3n) is 2.57. The summed E-state index contributed by atoms with van der Waals surface area (Å²) in [7, 11) is 0. The molecule has 2 nitrogen and oxygen atoms in total. The van der Waals surface area contributed by atoms with Crippen molar-refractivity contribution < 1.29 is 0 Å². The van der Waals surface area contributed by atoms with Crippen LogP contribution in [0.2, 0.25) is 0 Å². The second-order valence-electron chi connectivity index (χ2n) is 3.83. The van der Waals surface area contributed by atoms with Gasteiger partial charge < -0.3 is 5.73 Å². The van der Waals surface area contributed by atoms with Crippen molar-refractivity contribution in [2.75, 3.05) is 0 Å². The van der Waals surface area contributed by atoms with E-state index in [0.29, 0.717) is 0 Å². The molecule has 0 amide bonds. The monoisotopic (exact) mass is 354 g/mol. The molecule has 2 aromatic rings. The van der Waals surface area contributed by atoms with Crippen LogP contribution >= 0.6 is 31.9 Å². The molecule has 2 rings (SSSR count). The number of nitrogens with zero attached hydrogens (tertiary/aromatic N) is 1. The third-order valence-corrected chi connectivity index (χ3v) is 3.75. The van der Waals surface area contributed by atoms with E-state index in [1.54, 1.807) is 12.4 Å². The van der Waals surface area contributed by atoms with Gasteiger partial charge in [-0.25, -0.2) is 0 Å². The molecule has 0 aliphatic rings. The first-order valence-corrected chi connectivity index (χ1v) is 6.85.